The third-order valence-electron chi connectivity index (χ3n) is 6.04. The molecule has 10 nitrogen and oxygen atoms in total. The third-order valence-corrected chi connectivity index (χ3v) is 6.04. The number of piperazine rings is 1. The summed E-state index contributed by atoms with van der Waals surface area (Å²) in [5.74, 6) is -1.29. The fraction of sp³-hybridized carbons (Fsp3) is 0.429. The Morgan fingerprint density at radius 2 is 1.45 bits per heavy atom. The summed E-state index contributed by atoms with van der Waals surface area (Å²) in [7, 11) is 0. The van der Waals surface area contributed by atoms with Crippen molar-refractivity contribution in [1.82, 2.24) is 15.1 Å². The van der Waals surface area contributed by atoms with Crippen molar-refractivity contribution in [2.75, 3.05) is 45.9 Å². The number of nitrogens with one attached hydrogen (secondary N) is 1. The van der Waals surface area contributed by atoms with E-state index in [4.69, 9.17) is 14.2 Å². The topological polar surface area (TPSA) is 114 Å². The maximum atomic E-state index is 12.8. The van der Waals surface area contributed by atoms with Gasteiger partial charge in [0.2, 0.25) is 5.91 Å². The highest BCUT2D eigenvalue weighted by molar-refractivity contribution is 5.77. The third kappa shape index (κ3) is 10.3. The van der Waals surface area contributed by atoms with Crippen LogP contribution < -0.4 is 5.32 Å². The van der Waals surface area contributed by atoms with E-state index in [0.717, 1.165) is 11.1 Å². The molecule has 38 heavy (non-hydrogen) atoms. The van der Waals surface area contributed by atoms with Gasteiger partial charge < -0.3 is 24.4 Å². The molecule has 0 radical (unpaired) electrons. The van der Waals surface area contributed by atoms with E-state index in [1.54, 1.807) is 4.90 Å². The van der Waals surface area contributed by atoms with Gasteiger partial charge in [0.15, 0.2) is 0 Å². The first kappa shape index (κ1) is 28.8. The SMILES string of the molecule is CC(=O)OCC1CN(C(=O)CCNCC(=O)OCc2ccccc2)CCN1CC(=O)OCc1ccccc1. The molecule has 2 aromatic carbocycles. The van der Waals surface area contributed by atoms with Crippen LogP contribution in [-0.4, -0.2) is 85.5 Å². The molecule has 10 heteroatoms. The smallest absolute Gasteiger partial charge is 0.320 e. The molecule has 2 aromatic rings. The van der Waals surface area contributed by atoms with E-state index in [0.29, 0.717) is 26.2 Å². The van der Waals surface area contributed by atoms with Gasteiger partial charge in [-0.3, -0.25) is 24.1 Å². The Morgan fingerprint density at radius 1 is 0.842 bits per heavy atom. The van der Waals surface area contributed by atoms with Gasteiger partial charge in [0.05, 0.1) is 19.1 Å². The molecule has 1 atom stereocenters. The molecular weight excluding hydrogens is 490 g/mol. The van der Waals surface area contributed by atoms with Crippen LogP contribution in [-0.2, 0) is 46.6 Å². The quantitative estimate of drug-likeness (QED) is 0.236. The molecular formula is C28H35N3O7. The number of carbonyl (C=O) groups is 4. The Kier molecular flexibility index (Phi) is 11.7. The number of esters is 3. The summed E-state index contributed by atoms with van der Waals surface area (Å²) in [6.45, 7) is 3.32. The van der Waals surface area contributed by atoms with Crippen LogP contribution in [0.3, 0.4) is 0 Å². The van der Waals surface area contributed by atoms with Crippen LogP contribution in [0.5, 0.6) is 0 Å². The number of nitrogens with zero attached hydrogens (tertiary/aromatic N) is 2. The van der Waals surface area contributed by atoms with Crippen molar-refractivity contribution >= 4 is 23.8 Å². The summed E-state index contributed by atoms with van der Waals surface area (Å²) >= 11 is 0. The van der Waals surface area contributed by atoms with Gasteiger partial charge in [0, 0.05) is 39.5 Å². The first-order valence-electron chi connectivity index (χ1n) is 12.7. The van der Waals surface area contributed by atoms with Gasteiger partial charge in [-0.1, -0.05) is 60.7 Å². The summed E-state index contributed by atoms with van der Waals surface area (Å²) in [5, 5.41) is 2.94. The maximum Gasteiger partial charge on any atom is 0.320 e. The van der Waals surface area contributed by atoms with E-state index >= 15 is 0 Å². The van der Waals surface area contributed by atoms with Gasteiger partial charge in [-0.2, -0.15) is 0 Å². The molecule has 1 fully saturated rings. The van der Waals surface area contributed by atoms with E-state index in [1.165, 1.54) is 6.92 Å². The van der Waals surface area contributed by atoms with Crippen LogP contribution in [0.25, 0.3) is 0 Å². The second-order valence-corrected chi connectivity index (χ2v) is 8.99. The molecule has 1 saturated heterocycles. The van der Waals surface area contributed by atoms with E-state index < -0.39 is 11.9 Å². The molecule has 0 spiro atoms. The standard InChI is InChI=1S/C28H35N3O7/c1-22(32)36-21-25-17-31(15-14-30(25)18-28(35)38-20-24-10-6-3-7-11-24)26(33)12-13-29-16-27(34)37-19-23-8-4-2-5-9-23/h2-11,25,29H,12-21H2,1H3. The highest BCUT2D eigenvalue weighted by Crippen LogP contribution is 2.13. The zero-order valence-corrected chi connectivity index (χ0v) is 21.7. The Labute approximate surface area is 222 Å². The van der Waals surface area contributed by atoms with Crippen molar-refractivity contribution in [3.8, 4) is 0 Å². The van der Waals surface area contributed by atoms with Crippen molar-refractivity contribution in [1.29, 1.82) is 0 Å². The molecule has 0 aliphatic carbocycles. The van der Waals surface area contributed by atoms with E-state index in [9.17, 15) is 19.2 Å². The van der Waals surface area contributed by atoms with Gasteiger partial charge in [0.1, 0.15) is 19.8 Å². The summed E-state index contributed by atoms with van der Waals surface area (Å²) in [6, 6.07) is 18.5. The number of amides is 1. The van der Waals surface area contributed by atoms with Gasteiger partial charge >= 0.3 is 17.9 Å². The fourth-order valence-electron chi connectivity index (χ4n) is 3.98. The molecule has 3 rings (SSSR count). The predicted molar refractivity (Wildman–Crippen MR) is 139 cm³/mol. The van der Waals surface area contributed by atoms with Crippen molar-refractivity contribution in [3.63, 3.8) is 0 Å². The molecule has 0 aromatic heterocycles. The molecule has 1 amide bonds. The fourth-order valence-corrected chi connectivity index (χ4v) is 3.98. The number of hydrogen-bond acceptors (Lipinski definition) is 9. The Balaban J connectivity index is 1.39. The summed E-state index contributed by atoms with van der Waals surface area (Å²) in [5.41, 5.74) is 1.80. The second-order valence-electron chi connectivity index (χ2n) is 8.99. The monoisotopic (exact) mass is 525 g/mol. The largest absolute Gasteiger partial charge is 0.464 e. The molecule has 204 valence electrons. The summed E-state index contributed by atoms with van der Waals surface area (Å²) < 4.78 is 15.8. The minimum absolute atomic E-state index is 0.00800. The highest BCUT2D eigenvalue weighted by Gasteiger charge is 2.31. The van der Waals surface area contributed by atoms with Gasteiger partial charge in [-0.05, 0) is 11.1 Å². The lowest BCUT2D eigenvalue weighted by molar-refractivity contribution is -0.150. The average Bonchev–Trinajstić information content (AvgIpc) is 2.93. The molecule has 1 aliphatic rings. The molecule has 1 heterocycles. The highest BCUT2D eigenvalue weighted by atomic mass is 16.5. The average molecular weight is 526 g/mol. The number of rotatable bonds is 13. The van der Waals surface area contributed by atoms with E-state index in [1.807, 2.05) is 65.6 Å². The first-order valence-corrected chi connectivity index (χ1v) is 12.7. The summed E-state index contributed by atoms with van der Waals surface area (Å²) in [6.07, 6.45) is 0.200. The second kappa shape index (κ2) is 15.5. The number of benzene rings is 2. The normalized spacial score (nSPS) is 15.5. The molecule has 0 bridgehead atoms. The Bertz CT molecular complexity index is 1050. The van der Waals surface area contributed by atoms with Crippen LogP contribution in [0.4, 0.5) is 0 Å². The Morgan fingerprint density at radius 3 is 2.05 bits per heavy atom. The lowest BCUT2D eigenvalue weighted by atomic mass is 10.1. The van der Waals surface area contributed by atoms with Gasteiger partial charge in [-0.15, -0.1) is 0 Å². The van der Waals surface area contributed by atoms with Gasteiger partial charge in [0.25, 0.3) is 0 Å². The van der Waals surface area contributed by atoms with Crippen LogP contribution in [0.1, 0.15) is 24.5 Å². The lowest BCUT2D eigenvalue weighted by Gasteiger charge is -2.40. The van der Waals surface area contributed by atoms with Crippen molar-refractivity contribution < 1.29 is 33.4 Å². The van der Waals surface area contributed by atoms with Crippen molar-refractivity contribution in [2.45, 2.75) is 32.6 Å². The first-order chi connectivity index (χ1) is 18.4. The van der Waals surface area contributed by atoms with Crippen LogP contribution in [0.15, 0.2) is 60.7 Å². The Hall–Kier alpha value is -3.76. The number of carbonyl (C=O) groups excluding carboxylic acids is 4. The van der Waals surface area contributed by atoms with Crippen molar-refractivity contribution in [2.24, 2.45) is 0 Å². The van der Waals surface area contributed by atoms with E-state index in [-0.39, 0.29) is 57.2 Å². The maximum absolute atomic E-state index is 12.8. The van der Waals surface area contributed by atoms with Crippen molar-refractivity contribution in [3.05, 3.63) is 71.8 Å². The minimum atomic E-state index is -0.427. The minimum Gasteiger partial charge on any atom is -0.464 e. The van der Waals surface area contributed by atoms with Crippen LogP contribution in [0, 0.1) is 0 Å². The number of ether oxygens (including phenoxy) is 3. The molecule has 1 unspecified atom stereocenters. The van der Waals surface area contributed by atoms with Crippen LogP contribution >= 0.6 is 0 Å². The van der Waals surface area contributed by atoms with E-state index in [2.05, 4.69) is 5.32 Å². The number of hydrogen-bond donors (Lipinski definition) is 1. The van der Waals surface area contributed by atoms with Gasteiger partial charge in [-0.25, -0.2) is 0 Å². The molecule has 1 aliphatic heterocycles. The predicted octanol–water partition coefficient (Wildman–Crippen LogP) is 1.53. The lowest BCUT2D eigenvalue weighted by Crippen LogP contribution is -2.57. The zero-order valence-electron chi connectivity index (χ0n) is 21.7. The molecule has 0 saturated carbocycles. The van der Waals surface area contributed by atoms with Crippen LogP contribution in [0.2, 0.25) is 0 Å². The summed E-state index contributed by atoms with van der Waals surface area (Å²) in [4.78, 5) is 52.1. The zero-order chi connectivity index (χ0) is 27.2. The molecule has 1 N–H and O–H groups in total.